The molecule has 2 heterocycles. The van der Waals surface area contributed by atoms with Gasteiger partial charge in [-0.25, -0.2) is 4.98 Å². The molecule has 0 saturated heterocycles. The standard InChI is InChI=1S/C11H19N3/c1-9-10-7-12-8-13(10)5-6-14(9)11(2,3)4/h7-9H,5-6H2,1-4H3. The van der Waals surface area contributed by atoms with Gasteiger partial charge in [0.15, 0.2) is 0 Å². The van der Waals surface area contributed by atoms with E-state index < -0.39 is 0 Å². The third-order valence-corrected chi connectivity index (χ3v) is 3.08. The predicted molar refractivity (Wildman–Crippen MR) is 57.1 cm³/mol. The molecule has 0 amide bonds. The van der Waals surface area contributed by atoms with E-state index in [4.69, 9.17) is 0 Å². The first kappa shape index (κ1) is 9.71. The molecular formula is C11H19N3. The van der Waals surface area contributed by atoms with E-state index in [1.54, 1.807) is 0 Å². The number of aromatic nitrogens is 2. The quantitative estimate of drug-likeness (QED) is 0.629. The highest BCUT2D eigenvalue weighted by molar-refractivity contribution is 5.08. The summed E-state index contributed by atoms with van der Waals surface area (Å²) in [6.07, 6.45) is 3.92. The van der Waals surface area contributed by atoms with Crippen molar-refractivity contribution in [3.8, 4) is 0 Å². The van der Waals surface area contributed by atoms with E-state index in [0.29, 0.717) is 6.04 Å². The second-order valence-electron chi connectivity index (χ2n) is 5.05. The molecule has 14 heavy (non-hydrogen) atoms. The fraction of sp³-hybridized carbons (Fsp3) is 0.727. The summed E-state index contributed by atoms with van der Waals surface area (Å²) in [5, 5.41) is 0. The lowest BCUT2D eigenvalue weighted by Crippen LogP contribution is -2.47. The highest BCUT2D eigenvalue weighted by Crippen LogP contribution is 2.30. The smallest absolute Gasteiger partial charge is 0.0949 e. The highest BCUT2D eigenvalue weighted by Gasteiger charge is 2.31. The van der Waals surface area contributed by atoms with Crippen molar-refractivity contribution in [3.63, 3.8) is 0 Å². The van der Waals surface area contributed by atoms with E-state index in [-0.39, 0.29) is 5.54 Å². The Morgan fingerprint density at radius 1 is 1.36 bits per heavy atom. The van der Waals surface area contributed by atoms with Gasteiger partial charge in [-0.2, -0.15) is 0 Å². The molecule has 2 rings (SSSR count). The number of imidazole rings is 1. The van der Waals surface area contributed by atoms with Crippen LogP contribution in [-0.2, 0) is 6.54 Å². The molecule has 1 unspecified atom stereocenters. The average Bonchev–Trinajstić information content (AvgIpc) is 2.50. The molecular weight excluding hydrogens is 174 g/mol. The number of rotatable bonds is 0. The molecule has 78 valence electrons. The minimum absolute atomic E-state index is 0.245. The second-order valence-corrected chi connectivity index (χ2v) is 5.05. The van der Waals surface area contributed by atoms with Crippen LogP contribution in [0.3, 0.4) is 0 Å². The van der Waals surface area contributed by atoms with Crippen LogP contribution in [0.4, 0.5) is 0 Å². The summed E-state index contributed by atoms with van der Waals surface area (Å²) in [4.78, 5) is 6.74. The van der Waals surface area contributed by atoms with E-state index in [0.717, 1.165) is 13.1 Å². The predicted octanol–water partition coefficient (Wildman–Crippen LogP) is 2.06. The van der Waals surface area contributed by atoms with Gasteiger partial charge in [-0.3, -0.25) is 4.90 Å². The lowest BCUT2D eigenvalue weighted by Gasteiger charge is -2.43. The van der Waals surface area contributed by atoms with Gasteiger partial charge in [-0.1, -0.05) is 0 Å². The third-order valence-electron chi connectivity index (χ3n) is 3.08. The van der Waals surface area contributed by atoms with Crippen LogP contribution in [0, 0.1) is 0 Å². The molecule has 0 saturated carbocycles. The maximum absolute atomic E-state index is 4.21. The Morgan fingerprint density at radius 2 is 2.07 bits per heavy atom. The van der Waals surface area contributed by atoms with Gasteiger partial charge in [0.25, 0.3) is 0 Å². The van der Waals surface area contributed by atoms with Crippen LogP contribution in [0.1, 0.15) is 39.4 Å². The van der Waals surface area contributed by atoms with Crippen LogP contribution in [0.2, 0.25) is 0 Å². The van der Waals surface area contributed by atoms with Crippen molar-refractivity contribution in [1.82, 2.24) is 14.5 Å². The van der Waals surface area contributed by atoms with Gasteiger partial charge in [0.05, 0.1) is 12.0 Å². The van der Waals surface area contributed by atoms with Crippen LogP contribution in [0.25, 0.3) is 0 Å². The zero-order valence-corrected chi connectivity index (χ0v) is 9.49. The summed E-state index contributed by atoms with van der Waals surface area (Å²) >= 11 is 0. The number of fused-ring (bicyclic) bond motifs is 1. The largest absolute Gasteiger partial charge is 0.332 e. The van der Waals surface area contributed by atoms with Gasteiger partial charge in [-0.05, 0) is 27.7 Å². The Hall–Kier alpha value is -0.830. The molecule has 1 aromatic rings. The molecule has 0 radical (unpaired) electrons. The maximum Gasteiger partial charge on any atom is 0.0949 e. The molecule has 0 aromatic carbocycles. The van der Waals surface area contributed by atoms with E-state index in [9.17, 15) is 0 Å². The van der Waals surface area contributed by atoms with Gasteiger partial charge in [0, 0.05) is 30.9 Å². The molecule has 3 heteroatoms. The third kappa shape index (κ3) is 1.46. The highest BCUT2D eigenvalue weighted by atomic mass is 15.3. The van der Waals surface area contributed by atoms with Crippen LogP contribution in [-0.4, -0.2) is 26.5 Å². The summed E-state index contributed by atoms with van der Waals surface area (Å²) in [6, 6.07) is 0.478. The van der Waals surface area contributed by atoms with Crippen molar-refractivity contribution in [2.45, 2.75) is 45.8 Å². The first-order valence-corrected chi connectivity index (χ1v) is 5.27. The van der Waals surface area contributed by atoms with Gasteiger partial charge in [0.2, 0.25) is 0 Å². The van der Waals surface area contributed by atoms with Crippen molar-refractivity contribution in [3.05, 3.63) is 18.2 Å². The molecule has 0 N–H and O–H groups in total. The van der Waals surface area contributed by atoms with Crippen LogP contribution >= 0.6 is 0 Å². The first-order chi connectivity index (χ1) is 6.50. The van der Waals surface area contributed by atoms with E-state index in [1.165, 1.54) is 5.69 Å². The molecule has 0 bridgehead atoms. The monoisotopic (exact) mass is 193 g/mol. The fourth-order valence-corrected chi connectivity index (χ4v) is 2.35. The summed E-state index contributed by atoms with van der Waals surface area (Å²) in [5.41, 5.74) is 1.58. The Labute approximate surface area is 85.7 Å². The topological polar surface area (TPSA) is 21.1 Å². The van der Waals surface area contributed by atoms with E-state index in [1.807, 2.05) is 12.5 Å². The Balaban J connectivity index is 2.30. The van der Waals surface area contributed by atoms with Gasteiger partial charge in [0.1, 0.15) is 0 Å². The minimum atomic E-state index is 0.245. The summed E-state index contributed by atoms with van der Waals surface area (Å²) < 4.78 is 2.26. The molecule has 0 fully saturated rings. The lowest BCUT2D eigenvalue weighted by atomic mass is 10.0. The Bertz CT molecular complexity index is 322. The van der Waals surface area contributed by atoms with Crippen molar-refractivity contribution < 1.29 is 0 Å². The summed E-state index contributed by atoms with van der Waals surface area (Å²) in [5.74, 6) is 0. The van der Waals surface area contributed by atoms with E-state index in [2.05, 4.69) is 42.1 Å². The SMILES string of the molecule is CC1c2cncn2CCN1C(C)(C)C. The summed E-state index contributed by atoms with van der Waals surface area (Å²) in [6.45, 7) is 11.3. The second kappa shape index (κ2) is 3.09. The van der Waals surface area contributed by atoms with Gasteiger partial charge in [-0.15, -0.1) is 0 Å². The molecule has 1 aliphatic rings. The minimum Gasteiger partial charge on any atom is -0.332 e. The molecule has 0 aliphatic carbocycles. The van der Waals surface area contributed by atoms with Crippen molar-refractivity contribution >= 4 is 0 Å². The summed E-state index contributed by atoms with van der Waals surface area (Å²) in [7, 11) is 0. The molecule has 0 spiro atoms. The Kier molecular flexibility index (Phi) is 2.14. The van der Waals surface area contributed by atoms with E-state index >= 15 is 0 Å². The molecule has 3 nitrogen and oxygen atoms in total. The molecule has 1 aromatic heterocycles. The molecule has 1 atom stereocenters. The first-order valence-electron chi connectivity index (χ1n) is 5.27. The average molecular weight is 193 g/mol. The van der Waals surface area contributed by atoms with Gasteiger partial charge >= 0.3 is 0 Å². The van der Waals surface area contributed by atoms with Crippen LogP contribution in [0.15, 0.2) is 12.5 Å². The normalized spacial score (nSPS) is 23.6. The van der Waals surface area contributed by atoms with Crippen LogP contribution in [0.5, 0.6) is 0 Å². The maximum atomic E-state index is 4.21. The fourth-order valence-electron chi connectivity index (χ4n) is 2.35. The van der Waals surface area contributed by atoms with Crippen LogP contribution < -0.4 is 0 Å². The number of hydrogen-bond acceptors (Lipinski definition) is 2. The number of nitrogens with zero attached hydrogens (tertiary/aromatic N) is 3. The van der Waals surface area contributed by atoms with Crippen molar-refractivity contribution in [1.29, 1.82) is 0 Å². The molecule has 1 aliphatic heterocycles. The van der Waals surface area contributed by atoms with Crippen molar-refractivity contribution in [2.24, 2.45) is 0 Å². The van der Waals surface area contributed by atoms with Gasteiger partial charge < -0.3 is 4.57 Å². The zero-order valence-electron chi connectivity index (χ0n) is 9.49. The Morgan fingerprint density at radius 3 is 2.71 bits per heavy atom. The number of hydrogen-bond donors (Lipinski definition) is 0. The zero-order chi connectivity index (χ0) is 10.3. The van der Waals surface area contributed by atoms with Crippen molar-refractivity contribution in [2.75, 3.05) is 6.54 Å². The lowest BCUT2D eigenvalue weighted by molar-refractivity contribution is 0.0649.